The van der Waals surface area contributed by atoms with E-state index in [1.807, 2.05) is 0 Å². The Morgan fingerprint density at radius 2 is 1.82 bits per heavy atom. The van der Waals surface area contributed by atoms with Crippen LogP contribution >= 0.6 is 0 Å². The third kappa shape index (κ3) is 5.35. The molecule has 2 aromatic rings. The van der Waals surface area contributed by atoms with Crippen molar-refractivity contribution in [3.63, 3.8) is 0 Å². The summed E-state index contributed by atoms with van der Waals surface area (Å²) >= 11 is 0. The van der Waals surface area contributed by atoms with Gasteiger partial charge in [-0.15, -0.1) is 0 Å². The molecule has 0 aliphatic carbocycles. The van der Waals surface area contributed by atoms with Gasteiger partial charge in [0.25, 0.3) is 5.91 Å². The first kappa shape index (κ1) is 21.0. The predicted octanol–water partition coefficient (Wildman–Crippen LogP) is 2.28. The van der Waals surface area contributed by atoms with Gasteiger partial charge in [-0.2, -0.15) is 13.9 Å². The molecule has 150 valence electrons. The molecule has 2 rings (SSSR count). The summed E-state index contributed by atoms with van der Waals surface area (Å²) in [5.74, 6) is -1.84. The number of carbonyl (C=O) groups is 3. The molecule has 10 heteroatoms. The van der Waals surface area contributed by atoms with Crippen LogP contribution < -0.4 is 10.6 Å². The number of rotatable bonds is 8. The van der Waals surface area contributed by atoms with Gasteiger partial charge in [0.1, 0.15) is 0 Å². The Bertz CT molecular complexity index is 878. The highest BCUT2D eigenvalue weighted by molar-refractivity contribution is 5.96. The van der Waals surface area contributed by atoms with Gasteiger partial charge >= 0.3 is 12.5 Å². The molecule has 1 heterocycles. The van der Waals surface area contributed by atoms with E-state index in [2.05, 4.69) is 15.7 Å². The second-order valence-corrected chi connectivity index (χ2v) is 6.07. The second-order valence-electron chi connectivity index (χ2n) is 6.07. The van der Waals surface area contributed by atoms with E-state index >= 15 is 0 Å². The number of halogens is 2. The molecule has 1 aromatic carbocycles. The smallest absolute Gasteiger partial charge is 0.333 e. The van der Waals surface area contributed by atoms with E-state index in [0.717, 1.165) is 0 Å². The summed E-state index contributed by atoms with van der Waals surface area (Å²) in [6.07, 6.45) is -0.289. The number of aryl methyl sites for hydroxylation is 1. The van der Waals surface area contributed by atoms with Crippen molar-refractivity contribution >= 4 is 23.5 Å². The molecule has 1 aromatic heterocycles. The molecule has 0 aliphatic heterocycles. The van der Waals surface area contributed by atoms with Crippen LogP contribution in [0, 0.1) is 13.8 Å². The summed E-state index contributed by atoms with van der Waals surface area (Å²) in [6.45, 7) is 0.279. The Labute approximate surface area is 159 Å². The van der Waals surface area contributed by atoms with Crippen molar-refractivity contribution in [3.8, 4) is 0 Å². The molecule has 2 amide bonds. The largest absolute Gasteiger partial charge is 0.481 e. The zero-order valence-corrected chi connectivity index (χ0v) is 15.3. The van der Waals surface area contributed by atoms with Crippen LogP contribution in [-0.2, 0) is 16.0 Å². The molecule has 28 heavy (non-hydrogen) atoms. The maximum Gasteiger partial charge on any atom is 0.333 e. The average molecular weight is 394 g/mol. The summed E-state index contributed by atoms with van der Waals surface area (Å²) < 4.78 is 26.3. The number of hydrogen-bond acceptors (Lipinski definition) is 4. The number of nitrogens with zero attached hydrogens (tertiary/aromatic N) is 2. The molecule has 0 unspecified atom stereocenters. The number of nitrogens with one attached hydrogen (secondary N) is 2. The quantitative estimate of drug-likeness (QED) is 0.636. The van der Waals surface area contributed by atoms with Crippen LogP contribution in [0.2, 0.25) is 0 Å². The maximum absolute atomic E-state index is 12.9. The number of anilines is 1. The summed E-state index contributed by atoms with van der Waals surface area (Å²) in [6, 6.07) is 6.01. The number of aromatic nitrogens is 2. The predicted molar refractivity (Wildman–Crippen MR) is 96.3 cm³/mol. The highest BCUT2D eigenvalue weighted by Gasteiger charge is 2.19. The standard InChI is InChI=1S/C18H20F2N4O4/c1-10-14(11(2)24(23-10)18(19)20)9-15(25)22-13-5-3-12(4-6-13)17(28)21-8-7-16(26)27/h3-6,18H,7-9H2,1-2H3,(H,21,28)(H,22,25)(H,26,27). The molecule has 8 nitrogen and oxygen atoms in total. The Balaban J connectivity index is 1.96. The van der Waals surface area contributed by atoms with Crippen LogP contribution in [-0.4, -0.2) is 39.2 Å². The summed E-state index contributed by atoms with van der Waals surface area (Å²) in [7, 11) is 0. The number of carbonyl (C=O) groups excluding carboxylic acids is 2. The van der Waals surface area contributed by atoms with Crippen molar-refractivity contribution < 1.29 is 28.3 Å². The topological polar surface area (TPSA) is 113 Å². The molecule has 0 saturated heterocycles. The van der Waals surface area contributed by atoms with Crippen LogP contribution in [0.15, 0.2) is 24.3 Å². The first-order chi connectivity index (χ1) is 13.2. The van der Waals surface area contributed by atoms with Crippen molar-refractivity contribution in [2.45, 2.75) is 33.2 Å². The van der Waals surface area contributed by atoms with Gasteiger partial charge in [0, 0.05) is 29.1 Å². The van der Waals surface area contributed by atoms with E-state index in [1.165, 1.54) is 31.2 Å². The Kier molecular flexibility index (Phi) is 6.80. The normalized spacial score (nSPS) is 10.8. The lowest BCUT2D eigenvalue weighted by Crippen LogP contribution is -2.26. The Morgan fingerprint density at radius 1 is 1.18 bits per heavy atom. The highest BCUT2D eigenvalue weighted by Crippen LogP contribution is 2.20. The molecule has 0 aliphatic rings. The monoisotopic (exact) mass is 394 g/mol. The number of aliphatic carboxylic acids is 1. The Morgan fingerprint density at radius 3 is 2.36 bits per heavy atom. The SMILES string of the molecule is Cc1nn(C(F)F)c(C)c1CC(=O)Nc1ccc(C(=O)NCCC(=O)O)cc1. The Hall–Kier alpha value is -3.30. The lowest BCUT2D eigenvalue weighted by Gasteiger charge is -2.08. The maximum atomic E-state index is 12.9. The number of hydrogen-bond donors (Lipinski definition) is 3. The van der Waals surface area contributed by atoms with Crippen molar-refractivity contribution in [2.24, 2.45) is 0 Å². The fourth-order valence-corrected chi connectivity index (χ4v) is 2.60. The highest BCUT2D eigenvalue weighted by atomic mass is 19.3. The van der Waals surface area contributed by atoms with Gasteiger partial charge in [0.05, 0.1) is 18.5 Å². The van der Waals surface area contributed by atoms with E-state index in [1.54, 1.807) is 6.92 Å². The molecule has 0 spiro atoms. The van der Waals surface area contributed by atoms with Gasteiger partial charge in [-0.3, -0.25) is 14.4 Å². The van der Waals surface area contributed by atoms with Gasteiger partial charge in [0.2, 0.25) is 5.91 Å². The zero-order chi connectivity index (χ0) is 20.8. The van der Waals surface area contributed by atoms with E-state index in [4.69, 9.17) is 5.11 Å². The molecule has 0 fully saturated rings. The van der Waals surface area contributed by atoms with Crippen molar-refractivity contribution in [1.29, 1.82) is 0 Å². The van der Waals surface area contributed by atoms with E-state index < -0.39 is 24.3 Å². The minimum absolute atomic E-state index is 0.0116. The first-order valence-corrected chi connectivity index (χ1v) is 8.41. The van der Waals surface area contributed by atoms with Gasteiger partial charge < -0.3 is 15.7 Å². The lowest BCUT2D eigenvalue weighted by atomic mass is 10.1. The summed E-state index contributed by atoms with van der Waals surface area (Å²) in [4.78, 5) is 34.5. The minimum Gasteiger partial charge on any atom is -0.481 e. The minimum atomic E-state index is -2.77. The van der Waals surface area contributed by atoms with E-state index in [-0.39, 0.29) is 25.1 Å². The van der Waals surface area contributed by atoms with Gasteiger partial charge in [0.15, 0.2) is 0 Å². The van der Waals surface area contributed by atoms with Gasteiger partial charge in [-0.05, 0) is 38.1 Å². The number of amides is 2. The second kappa shape index (κ2) is 9.07. The third-order valence-corrected chi connectivity index (χ3v) is 4.05. The molecular formula is C18H20F2N4O4. The summed E-state index contributed by atoms with van der Waals surface area (Å²) in [5, 5.41) is 17.4. The van der Waals surface area contributed by atoms with Crippen molar-refractivity contribution in [1.82, 2.24) is 15.1 Å². The van der Waals surface area contributed by atoms with Gasteiger partial charge in [-0.1, -0.05) is 0 Å². The fraction of sp³-hybridized carbons (Fsp3) is 0.333. The average Bonchev–Trinajstić information content (AvgIpc) is 2.90. The van der Waals surface area contributed by atoms with Crippen LogP contribution in [0.25, 0.3) is 0 Å². The first-order valence-electron chi connectivity index (χ1n) is 8.41. The number of carboxylic acids is 1. The van der Waals surface area contributed by atoms with Crippen molar-refractivity contribution in [2.75, 3.05) is 11.9 Å². The molecule has 0 bridgehead atoms. The van der Waals surface area contributed by atoms with Crippen LogP contribution in [0.1, 0.15) is 40.3 Å². The number of carboxylic acid groups (broad SMARTS) is 1. The zero-order valence-electron chi connectivity index (χ0n) is 15.3. The lowest BCUT2D eigenvalue weighted by molar-refractivity contribution is -0.136. The van der Waals surface area contributed by atoms with E-state index in [9.17, 15) is 23.2 Å². The van der Waals surface area contributed by atoms with Crippen LogP contribution in [0.4, 0.5) is 14.5 Å². The molecule has 0 radical (unpaired) electrons. The molecule has 3 N–H and O–H groups in total. The van der Waals surface area contributed by atoms with Crippen LogP contribution in [0.3, 0.4) is 0 Å². The fourth-order valence-electron chi connectivity index (χ4n) is 2.60. The number of alkyl halides is 2. The molecule has 0 atom stereocenters. The summed E-state index contributed by atoms with van der Waals surface area (Å²) in [5.41, 5.74) is 1.78. The molecule has 0 saturated carbocycles. The third-order valence-electron chi connectivity index (χ3n) is 4.05. The van der Waals surface area contributed by atoms with Crippen LogP contribution in [0.5, 0.6) is 0 Å². The molecular weight excluding hydrogens is 374 g/mol. The van der Waals surface area contributed by atoms with Gasteiger partial charge in [-0.25, -0.2) is 4.68 Å². The van der Waals surface area contributed by atoms with E-state index in [0.29, 0.717) is 27.2 Å². The number of benzene rings is 1. The van der Waals surface area contributed by atoms with Crippen molar-refractivity contribution in [3.05, 3.63) is 46.8 Å².